The molecule has 0 saturated carbocycles. The Bertz CT molecular complexity index is 1370. The Balaban J connectivity index is 1.36. The van der Waals surface area contributed by atoms with Gasteiger partial charge in [-0.25, -0.2) is 4.79 Å². The first-order valence-electron chi connectivity index (χ1n) is 13.5. The van der Waals surface area contributed by atoms with Gasteiger partial charge in [0, 0.05) is 22.9 Å². The molecule has 0 fully saturated rings. The molecule has 1 aliphatic rings. The van der Waals surface area contributed by atoms with Crippen molar-refractivity contribution in [1.29, 1.82) is 0 Å². The molecule has 40 heavy (non-hydrogen) atoms. The number of anilines is 1. The highest BCUT2D eigenvalue weighted by atomic mass is 35.5. The third-order valence-electron chi connectivity index (χ3n) is 6.35. The molecule has 0 aliphatic heterocycles. The Morgan fingerprint density at radius 1 is 1.27 bits per heavy atom. The number of aryl methyl sites for hydroxylation is 3. The van der Waals surface area contributed by atoms with E-state index < -0.39 is 0 Å². The van der Waals surface area contributed by atoms with Crippen molar-refractivity contribution >= 4 is 51.6 Å². The summed E-state index contributed by atoms with van der Waals surface area (Å²) in [5.41, 5.74) is 2.53. The van der Waals surface area contributed by atoms with Gasteiger partial charge in [0.25, 0.3) is 0 Å². The van der Waals surface area contributed by atoms with Crippen molar-refractivity contribution in [2.24, 2.45) is 0 Å². The number of allylic oxidation sites excluding steroid dienone is 1. The maximum atomic E-state index is 13.0. The van der Waals surface area contributed by atoms with Crippen LogP contribution in [-0.2, 0) is 35.3 Å². The lowest BCUT2D eigenvalue weighted by molar-refractivity contribution is -0.113. The van der Waals surface area contributed by atoms with E-state index in [9.17, 15) is 9.59 Å². The van der Waals surface area contributed by atoms with Crippen molar-refractivity contribution in [1.82, 2.24) is 14.8 Å². The molecule has 2 aromatic heterocycles. The smallest absolute Gasteiger partial charge is 0.341 e. The molecule has 11 heteroatoms. The number of amides is 1. The highest BCUT2D eigenvalue weighted by molar-refractivity contribution is 7.99. The van der Waals surface area contributed by atoms with E-state index in [-0.39, 0.29) is 23.7 Å². The summed E-state index contributed by atoms with van der Waals surface area (Å²) in [6, 6.07) is 5.57. The van der Waals surface area contributed by atoms with Crippen molar-refractivity contribution in [2.75, 3.05) is 17.7 Å². The zero-order chi connectivity index (χ0) is 28.6. The number of esters is 1. The van der Waals surface area contributed by atoms with Crippen molar-refractivity contribution in [3.63, 3.8) is 0 Å². The predicted octanol–water partition coefficient (Wildman–Crippen LogP) is 6.67. The second kappa shape index (κ2) is 14.2. The van der Waals surface area contributed by atoms with Crippen molar-refractivity contribution in [2.45, 2.75) is 77.1 Å². The van der Waals surface area contributed by atoms with E-state index >= 15 is 0 Å². The molecule has 2 heterocycles. The lowest BCUT2D eigenvalue weighted by atomic mass is 9.95. The zero-order valence-electron chi connectivity index (χ0n) is 23.1. The highest BCUT2D eigenvalue weighted by Crippen LogP contribution is 2.39. The monoisotopic (exact) mass is 602 g/mol. The summed E-state index contributed by atoms with van der Waals surface area (Å²) >= 11 is 8.82. The van der Waals surface area contributed by atoms with Gasteiger partial charge in [0.1, 0.15) is 16.6 Å². The second-order valence-electron chi connectivity index (χ2n) is 9.87. The van der Waals surface area contributed by atoms with Crippen LogP contribution in [0.25, 0.3) is 0 Å². The number of halogens is 1. The maximum Gasteiger partial charge on any atom is 0.341 e. The van der Waals surface area contributed by atoms with Crippen LogP contribution in [0.1, 0.15) is 65.3 Å². The topological polar surface area (TPSA) is 95.3 Å². The molecule has 1 aromatic carbocycles. The summed E-state index contributed by atoms with van der Waals surface area (Å²) in [6.45, 7) is 10.5. The Labute approximate surface area is 248 Å². The molecule has 0 spiro atoms. The maximum absolute atomic E-state index is 13.0. The van der Waals surface area contributed by atoms with Crippen LogP contribution in [0.4, 0.5) is 5.00 Å². The number of hydrogen-bond donors (Lipinski definition) is 1. The fourth-order valence-electron chi connectivity index (χ4n) is 4.55. The largest absolute Gasteiger partial charge is 0.493 e. The van der Waals surface area contributed by atoms with Crippen LogP contribution in [0.2, 0.25) is 5.02 Å². The minimum atomic E-state index is -0.372. The number of carbonyl (C=O) groups excluding carboxylic acids is 2. The van der Waals surface area contributed by atoms with E-state index in [0.717, 1.165) is 59.7 Å². The fraction of sp³-hybridized carbons (Fsp3) is 0.448. The number of benzene rings is 1. The number of thioether (sulfide) groups is 1. The Hall–Kier alpha value is -2.82. The van der Waals surface area contributed by atoms with Crippen molar-refractivity contribution < 1.29 is 19.1 Å². The Morgan fingerprint density at radius 2 is 2.08 bits per heavy atom. The van der Waals surface area contributed by atoms with Crippen LogP contribution in [0.15, 0.2) is 36.0 Å². The molecule has 0 unspecified atom stereocenters. The summed E-state index contributed by atoms with van der Waals surface area (Å²) in [6.07, 6.45) is 6.84. The number of fused-ring (bicyclic) bond motifs is 1. The van der Waals surface area contributed by atoms with Gasteiger partial charge in [-0.05, 0) is 82.2 Å². The molecule has 1 aliphatic carbocycles. The molecule has 8 nitrogen and oxygen atoms in total. The molecule has 0 atom stereocenters. The van der Waals surface area contributed by atoms with Crippen molar-refractivity contribution in [3.8, 4) is 5.75 Å². The van der Waals surface area contributed by atoms with Gasteiger partial charge in [0.2, 0.25) is 5.91 Å². The number of rotatable bonds is 13. The number of hydrogen-bond acceptors (Lipinski definition) is 8. The predicted molar refractivity (Wildman–Crippen MR) is 161 cm³/mol. The first-order chi connectivity index (χ1) is 19.3. The third kappa shape index (κ3) is 7.67. The van der Waals surface area contributed by atoms with Gasteiger partial charge < -0.3 is 19.4 Å². The molecular formula is C29H35ClN4O4S2. The number of nitrogens with zero attached hydrogens (tertiary/aromatic N) is 3. The number of carbonyl (C=O) groups is 2. The van der Waals surface area contributed by atoms with Gasteiger partial charge in [-0.3, -0.25) is 4.79 Å². The SMILES string of the molecule is C=CCn1c(CCCOc2ccc(Cl)cc2C)nnc1SCC(=O)Nc1sc2c(c1C(=O)OC(C)C)CCCC2. The summed E-state index contributed by atoms with van der Waals surface area (Å²) in [5.74, 6) is 1.18. The lowest BCUT2D eigenvalue weighted by Gasteiger charge is -2.14. The first-order valence-corrected chi connectivity index (χ1v) is 15.6. The molecule has 214 valence electrons. The van der Waals surface area contributed by atoms with Gasteiger partial charge in [-0.1, -0.05) is 29.4 Å². The standard InChI is InChI=1S/C29H35ClN4O4S2/c1-5-14-34-24(11-8-15-37-22-13-12-20(30)16-19(22)4)32-33-29(34)39-17-25(35)31-27-26(28(36)38-18(2)3)21-9-6-7-10-23(21)40-27/h5,12-13,16,18H,1,6-11,14-15,17H2,2-4H3,(H,31,35). The van der Waals surface area contributed by atoms with Gasteiger partial charge >= 0.3 is 5.97 Å². The van der Waals surface area contributed by atoms with Crippen LogP contribution >= 0.6 is 34.7 Å². The van der Waals surface area contributed by atoms with Crippen LogP contribution in [0, 0.1) is 6.92 Å². The number of aromatic nitrogens is 3. The molecule has 4 rings (SSSR count). The number of nitrogens with one attached hydrogen (secondary N) is 1. The molecule has 1 amide bonds. The minimum Gasteiger partial charge on any atom is -0.493 e. The number of ether oxygens (including phenoxy) is 2. The van der Waals surface area contributed by atoms with Crippen LogP contribution in [-0.4, -0.2) is 45.1 Å². The summed E-state index contributed by atoms with van der Waals surface area (Å²) < 4.78 is 13.4. The fourth-order valence-corrected chi connectivity index (χ4v) is 6.83. The Morgan fingerprint density at radius 3 is 2.83 bits per heavy atom. The first kappa shape index (κ1) is 30.1. The van der Waals surface area contributed by atoms with Gasteiger partial charge in [0.05, 0.1) is 24.0 Å². The lowest BCUT2D eigenvalue weighted by Crippen LogP contribution is -2.19. The van der Waals surface area contributed by atoms with E-state index in [4.69, 9.17) is 21.1 Å². The summed E-state index contributed by atoms with van der Waals surface area (Å²) in [5, 5.41) is 13.6. The van der Waals surface area contributed by atoms with E-state index in [1.54, 1.807) is 6.08 Å². The van der Waals surface area contributed by atoms with Crippen LogP contribution in [0.3, 0.4) is 0 Å². The van der Waals surface area contributed by atoms with E-state index in [2.05, 4.69) is 22.1 Å². The number of thiophene rings is 1. The van der Waals surface area contributed by atoms with Crippen LogP contribution in [0.5, 0.6) is 5.75 Å². The average molecular weight is 603 g/mol. The van der Waals surface area contributed by atoms with E-state index in [0.29, 0.717) is 40.3 Å². The van der Waals surface area contributed by atoms with Crippen LogP contribution < -0.4 is 10.1 Å². The quantitative estimate of drug-likeness (QED) is 0.101. The third-order valence-corrected chi connectivity index (χ3v) is 8.76. The molecule has 1 N–H and O–H groups in total. The minimum absolute atomic E-state index is 0.134. The second-order valence-corrected chi connectivity index (χ2v) is 12.3. The molecule has 0 radical (unpaired) electrons. The van der Waals surface area contributed by atoms with E-state index in [1.165, 1.54) is 23.1 Å². The Kier molecular flexibility index (Phi) is 10.7. The average Bonchev–Trinajstić information content (AvgIpc) is 3.46. The molecule has 3 aromatic rings. The zero-order valence-corrected chi connectivity index (χ0v) is 25.5. The van der Waals surface area contributed by atoms with Gasteiger partial charge in [0.15, 0.2) is 5.16 Å². The normalized spacial score (nSPS) is 12.7. The highest BCUT2D eigenvalue weighted by Gasteiger charge is 2.28. The van der Waals surface area contributed by atoms with Gasteiger partial charge in [-0.2, -0.15) is 0 Å². The molecule has 0 bridgehead atoms. The molecule has 0 saturated heterocycles. The molecular weight excluding hydrogens is 568 g/mol. The van der Waals surface area contributed by atoms with Crippen molar-refractivity contribution in [3.05, 3.63) is 63.3 Å². The summed E-state index contributed by atoms with van der Waals surface area (Å²) in [4.78, 5) is 27.0. The summed E-state index contributed by atoms with van der Waals surface area (Å²) in [7, 11) is 0. The van der Waals surface area contributed by atoms with Gasteiger partial charge in [-0.15, -0.1) is 28.1 Å². The van der Waals surface area contributed by atoms with E-state index in [1.807, 2.05) is 43.5 Å².